The van der Waals surface area contributed by atoms with Crippen molar-refractivity contribution < 1.29 is 9.18 Å². The lowest BCUT2D eigenvalue weighted by Crippen LogP contribution is -2.38. The van der Waals surface area contributed by atoms with Gasteiger partial charge in [0.15, 0.2) is 0 Å². The van der Waals surface area contributed by atoms with Crippen molar-refractivity contribution >= 4 is 5.91 Å². The summed E-state index contributed by atoms with van der Waals surface area (Å²) in [5.74, 6) is -0.0713. The van der Waals surface area contributed by atoms with E-state index in [4.69, 9.17) is 0 Å². The minimum Gasteiger partial charge on any atom is -0.356 e. The Kier molecular flexibility index (Phi) is 6.45. The van der Waals surface area contributed by atoms with Crippen molar-refractivity contribution in [1.82, 2.24) is 14.9 Å². The molecule has 0 radical (unpaired) electrons. The first-order chi connectivity index (χ1) is 15.6. The number of benzene rings is 3. The van der Waals surface area contributed by atoms with E-state index in [0.29, 0.717) is 25.1 Å². The van der Waals surface area contributed by atoms with Gasteiger partial charge < -0.3 is 5.32 Å². The molecule has 0 aliphatic heterocycles. The van der Waals surface area contributed by atoms with E-state index in [2.05, 4.69) is 10.3 Å². The van der Waals surface area contributed by atoms with Crippen LogP contribution in [0.25, 0.3) is 0 Å². The van der Waals surface area contributed by atoms with Crippen LogP contribution in [0, 0.1) is 6.08 Å². The second-order valence-corrected chi connectivity index (χ2v) is 7.77. The maximum absolute atomic E-state index is 15.6. The van der Waals surface area contributed by atoms with Gasteiger partial charge in [-0.1, -0.05) is 91.0 Å². The fourth-order valence-corrected chi connectivity index (χ4v) is 4.25. The van der Waals surface area contributed by atoms with Crippen LogP contribution in [0.4, 0.5) is 4.39 Å². The summed E-state index contributed by atoms with van der Waals surface area (Å²) < 4.78 is 17.2. The molecule has 1 heterocycles. The van der Waals surface area contributed by atoms with E-state index in [1.165, 1.54) is 6.92 Å². The highest BCUT2D eigenvalue weighted by atomic mass is 19.1. The van der Waals surface area contributed by atoms with Crippen LogP contribution < -0.4 is 5.32 Å². The topological polar surface area (TPSA) is 46.9 Å². The third-order valence-corrected chi connectivity index (χ3v) is 5.63. The van der Waals surface area contributed by atoms with Gasteiger partial charge in [-0.25, -0.2) is 4.98 Å². The molecule has 32 heavy (non-hydrogen) atoms. The first-order valence-electron chi connectivity index (χ1n) is 10.8. The van der Waals surface area contributed by atoms with Crippen LogP contribution >= 0.6 is 0 Å². The van der Waals surface area contributed by atoms with Crippen LogP contribution in [0.2, 0.25) is 0 Å². The van der Waals surface area contributed by atoms with Crippen molar-refractivity contribution in [2.45, 2.75) is 25.3 Å². The molecule has 5 heteroatoms. The summed E-state index contributed by atoms with van der Waals surface area (Å²) >= 11 is 0. The van der Waals surface area contributed by atoms with Crippen molar-refractivity contribution in [1.29, 1.82) is 0 Å². The maximum atomic E-state index is 15.6. The predicted octanol–water partition coefficient (Wildman–Crippen LogP) is 4.93. The van der Waals surface area contributed by atoms with E-state index in [1.807, 2.05) is 91.0 Å². The summed E-state index contributed by atoms with van der Waals surface area (Å²) in [7, 11) is 0. The largest absolute Gasteiger partial charge is 0.356 e. The lowest BCUT2D eigenvalue weighted by molar-refractivity contribution is -0.118. The van der Waals surface area contributed by atoms with Crippen LogP contribution in [-0.4, -0.2) is 22.0 Å². The SMILES string of the molecule is CC(=O)NCCCc1cn(C(c2ccccc2)(c2ccccc2)c2ccccc2)c(F)n1. The molecule has 0 saturated heterocycles. The number of hydrogen-bond acceptors (Lipinski definition) is 2. The van der Waals surface area contributed by atoms with E-state index < -0.39 is 11.6 Å². The molecule has 0 unspecified atom stereocenters. The quantitative estimate of drug-likeness (QED) is 0.320. The van der Waals surface area contributed by atoms with Gasteiger partial charge in [-0.15, -0.1) is 0 Å². The third kappa shape index (κ3) is 4.19. The Bertz CT molecular complexity index is 1060. The number of rotatable bonds is 8. The van der Waals surface area contributed by atoms with Crippen molar-refractivity contribution in [3.8, 4) is 0 Å². The Morgan fingerprint density at radius 1 is 0.875 bits per heavy atom. The first-order valence-corrected chi connectivity index (χ1v) is 10.8. The molecule has 1 amide bonds. The summed E-state index contributed by atoms with van der Waals surface area (Å²) in [6.07, 6.45) is 2.51. The van der Waals surface area contributed by atoms with E-state index >= 15 is 4.39 Å². The molecule has 4 aromatic rings. The molecule has 4 nitrogen and oxygen atoms in total. The second-order valence-electron chi connectivity index (χ2n) is 7.77. The number of imidazole rings is 1. The number of carbonyl (C=O) groups is 1. The molecule has 1 N–H and O–H groups in total. The molecule has 0 bridgehead atoms. The van der Waals surface area contributed by atoms with Crippen molar-refractivity contribution in [3.05, 3.63) is 126 Å². The smallest absolute Gasteiger partial charge is 0.290 e. The third-order valence-electron chi connectivity index (χ3n) is 5.63. The Hall–Kier alpha value is -3.73. The first kappa shape index (κ1) is 21.5. The Labute approximate surface area is 187 Å². The number of carbonyl (C=O) groups excluding carboxylic acids is 1. The summed E-state index contributed by atoms with van der Waals surface area (Å²) in [6, 6.07) is 29.9. The highest BCUT2D eigenvalue weighted by Crippen LogP contribution is 2.41. The Morgan fingerprint density at radius 2 is 1.34 bits per heavy atom. The minimum absolute atomic E-state index is 0.0713. The highest BCUT2D eigenvalue weighted by Gasteiger charge is 2.40. The van der Waals surface area contributed by atoms with Crippen LogP contribution in [0.5, 0.6) is 0 Å². The Morgan fingerprint density at radius 3 is 1.78 bits per heavy atom. The van der Waals surface area contributed by atoms with Crippen molar-refractivity contribution in [2.75, 3.05) is 6.54 Å². The van der Waals surface area contributed by atoms with Gasteiger partial charge in [0.05, 0.1) is 5.69 Å². The molecule has 0 saturated carbocycles. The van der Waals surface area contributed by atoms with Gasteiger partial charge in [0, 0.05) is 19.7 Å². The van der Waals surface area contributed by atoms with Gasteiger partial charge in [0.2, 0.25) is 5.91 Å². The number of nitrogens with zero attached hydrogens (tertiary/aromatic N) is 2. The fourth-order valence-electron chi connectivity index (χ4n) is 4.25. The van der Waals surface area contributed by atoms with Gasteiger partial charge in [0.1, 0.15) is 5.54 Å². The maximum Gasteiger partial charge on any atom is 0.290 e. The van der Waals surface area contributed by atoms with Crippen molar-refractivity contribution in [3.63, 3.8) is 0 Å². The summed E-state index contributed by atoms with van der Waals surface area (Å²) in [4.78, 5) is 15.4. The monoisotopic (exact) mass is 427 g/mol. The highest BCUT2D eigenvalue weighted by molar-refractivity contribution is 5.72. The normalized spacial score (nSPS) is 11.3. The molecule has 1 aromatic heterocycles. The number of nitrogens with one attached hydrogen (secondary N) is 1. The molecule has 0 aliphatic rings. The number of hydrogen-bond donors (Lipinski definition) is 1. The van der Waals surface area contributed by atoms with Crippen LogP contribution in [0.1, 0.15) is 35.7 Å². The van der Waals surface area contributed by atoms with Gasteiger partial charge in [0.25, 0.3) is 6.08 Å². The van der Waals surface area contributed by atoms with Crippen LogP contribution in [-0.2, 0) is 16.8 Å². The number of aromatic nitrogens is 2. The second kappa shape index (κ2) is 9.60. The molecule has 0 atom stereocenters. The van der Waals surface area contributed by atoms with Gasteiger partial charge in [-0.05, 0) is 29.5 Å². The van der Waals surface area contributed by atoms with Crippen molar-refractivity contribution in [2.24, 2.45) is 0 Å². The lowest BCUT2D eigenvalue weighted by atomic mass is 9.76. The average Bonchev–Trinajstić information content (AvgIpc) is 3.20. The van der Waals surface area contributed by atoms with Gasteiger partial charge in [-0.2, -0.15) is 4.39 Å². The number of amides is 1. The Balaban J connectivity index is 1.88. The zero-order valence-corrected chi connectivity index (χ0v) is 18.0. The predicted molar refractivity (Wildman–Crippen MR) is 124 cm³/mol. The zero-order valence-electron chi connectivity index (χ0n) is 18.0. The average molecular weight is 428 g/mol. The minimum atomic E-state index is -0.920. The standard InChI is InChI=1S/C27H26FN3O/c1-21(32)29-19-11-18-25-20-31(26(28)30-25)27(22-12-5-2-6-13-22,23-14-7-3-8-15-23)24-16-9-4-10-17-24/h2-10,12-17,20H,11,18-19H2,1H3,(H,29,32). The number of halogens is 1. The molecule has 162 valence electrons. The summed E-state index contributed by atoms with van der Waals surface area (Å²) in [5.41, 5.74) is 2.56. The molecule has 3 aromatic carbocycles. The molecule has 0 aliphatic carbocycles. The van der Waals surface area contributed by atoms with E-state index in [9.17, 15) is 4.79 Å². The van der Waals surface area contributed by atoms with Crippen LogP contribution in [0.3, 0.4) is 0 Å². The lowest BCUT2D eigenvalue weighted by Gasteiger charge is -2.37. The fraction of sp³-hybridized carbons (Fsp3) is 0.185. The van der Waals surface area contributed by atoms with Gasteiger partial charge >= 0.3 is 0 Å². The molecule has 0 spiro atoms. The molecule has 0 fully saturated rings. The molecular formula is C27H26FN3O. The summed E-state index contributed by atoms with van der Waals surface area (Å²) in [5, 5.41) is 2.78. The van der Waals surface area contributed by atoms with E-state index in [0.717, 1.165) is 16.7 Å². The van der Waals surface area contributed by atoms with E-state index in [-0.39, 0.29) is 5.91 Å². The zero-order chi connectivity index (χ0) is 22.4. The number of aryl methyl sites for hydroxylation is 1. The molecule has 4 rings (SSSR count). The van der Waals surface area contributed by atoms with Crippen LogP contribution in [0.15, 0.2) is 97.2 Å². The van der Waals surface area contributed by atoms with E-state index in [1.54, 1.807) is 10.8 Å². The summed E-state index contributed by atoms with van der Waals surface area (Å²) in [6.45, 7) is 2.02. The van der Waals surface area contributed by atoms with Gasteiger partial charge in [-0.3, -0.25) is 9.36 Å². The molecular weight excluding hydrogens is 401 g/mol.